The number of nitrogens with zero attached hydrogens (tertiary/aromatic N) is 1. The zero-order valence-electron chi connectivity index (χ0n) is 17.4. The summed E-state index contributed by atoms with van der Waals surface area (Å²) in [6.45, 7) is 3.26. The standard InChI is InChI=1S/C22H23N3O5S/c1-15-22(24-16(2)26)20(30-25-15)12-10-17-9-11-19(29-3)21(13-17)31(27,28)23-14-18-7-5-4-6-8-18/h4-13,23H,14H2,1-3H3,(H,24,26). The predicted octanol–water partition coefficient (Wildman–Crippen LogP) is 3.60. The summed E-state index contributed by atoms with van der Waals surface area (Å²) in [5.74, 6) is 0.338. The summed E-state index contributed by atoms with van der Waals surface area (Å²) in [4.78, 5) is 11.4. The topological polar surface area (TPSA) is 111 Å². The fraction of sp³-hybridized carbons (Fsp3) is 0.182. The predicted molar refractivity (Wildman–Crippen MR) is 118 cm³/mol. The minimum Gasteiger partial charge on any atom is -0.495 e. The zero-order chi connectivity index (χ0) is 22.4. The Morgan fingerprint density at radius 1 is 1.16 bits per heavy atom. The molecule has 0 atom stereocenters. The molecule has 3 aromatic rings. The second kappa shape index (κ2) is 9.59. The number of amides is 1. The second-order valence-electron chi connectivity index (χ2n) is 6.74. The highest BCUT2D eigenvalue weighted by molar-refractivity contribution is 7.89. The van der Waals surface area contributed by atoms with Crippen LogP contribution in [-0.4, -0.2) is 26.6 Å². The van der Waals surface area contributed by atoms with E-state index in [1.54, 1.807) is 31.2 Å². The van der Waals surface area contributed by atoms with Gasteiger partial charge in [0.2, 0.25) is 15.9 Å². The first-order valence-corrected chi connectivity index (χ1v) is 10.9. The molecule has 1 amide bonds. The first kappa shape index (κ1) is 22.3. The summed E-state index contributed by atoms with van der Waals surface area (Å²) >= 11 is 0. The van der Waals surface area contributed by atoms with E-state index in [1.165, 1.54) is 20.1 Å². The van der Waals surface area contributed by atoms with Crippen LogP contribution >= 0.6 is 0 Å². The number of hydrogen-bond acceptors (Lipinski definition) is 6. The third-order valence-corrected chi connectivity index (χ3v) is 5.83. The number of sulfonamides is 1. The van der Waals surface area contributed by atoms with Gasteiger partial charge in [0.1, 0.15) is 22.0 Å². The lowest BCUT2D eigenvalue weighted by atomic mass is 10.2. The van der Waals surface area contributed by atoms with Crippen molar-refractivity contribution in [3.8, 4) is 5.75 Å². The molecule has 162 valence electrons. The van der Waals surface area contributed by atoms with Gasteiger partial charge in [-0.3, -0.25) is 4.79 Å². The maximum absolute atomic E-state index is 12.9. The van der Waals surface area contributed by atoms with Crippen LogP contribution in [0.3, 0.4) is 0 Å². The van der Waals surface area contributed by atoms with E-state index in [0.717, 1.165) is 5.56 Å². The molecule has 0 saturated carbocycles. The third kappa shape index (κ3) is 5.59. The number of aryl methyl sites for hydroxylation is 1. The van der Waals surface area contributed by atoms with E-state index in [9.17, 15) is 13.2 Å². The average molecular weight is 442 g/mol. The van der Waals surface area contributed by atoms with Gasteiger partial charge < -0.3 is 14.6 Å². The largest absolute Gasteiger partial charge is 0.495 e. The molecular weight excluding hydrogens is 418 g/mol. The molecule has 0 bridgehead atoms. The number of aromatic nitrogens is 1. The number of ether oxygens (including phenoxy) is 1. The molecule has 0 aliphatic rings. The number of rotatable bonds is 8. The van der Waals surface area contributed by atoms with Crippen molar-refractivity contribution < 1.29 is 22.5 Å². The molecule has 2 aromatic carbocycles. The summed E-state index contributed by atoms with van der Waals surface area (Å²) < 4.78 is 38.9. The maximum Gasteiger partial charge on any atom is 0.244 e. The average Bonchev–Trinajstić information content (AvgIpc) is 3.10. The van der Waals surface area contributed by atoms with Crippen LogP contribution in [-0.2, 0) is 21.4 Å². The Kier molecular flexibility index (Phi) is 6.88. The lowest BCUT2D eigenvalue weighted by Crippen LogP contribution is -2.23. The number of nitrogens with one attached hydrogen (secondary N) is 2. The van der Waals surface area contributed by atoms with Gasteiger partial charge >= 0.3 is 0 Å². The van der Waals surface area contributed by atoms with Gasteiger partial charge in [-0.1, -0.05) is 47.6 Å². The molecule has 0 unspecified atom stereocenters. The molecule has 1 heterocycles. The molecule has 3 rings (SSSR count). The summed E-state index contributed by atoms with van der Waals surface area (Å²) in [5, 5.41) is 6.52. The van der Waals surface area contributed by atoms with Crippen molar-refractivity contribution in [3.05, 3.63) is 71.1 Å². The van der Waals surface area contributed by atoms with Crippen LogP contribution in [0.25, 0.3) is 12.2 Å². The Morgan fingerprint density at radius 2 is 1.90 bits per heavy atom. The molecular formula is C22H23N3O5S. The highest BCUT2D eigenvalue weighted by Crippen LogP contribution is 2.27. The quantitative estimate of drug-likeness (QED) is 0.553. The molecule has 2 N–H and O–H groups in total. The van der Waals surface area contributed by atoms with Crippen molar-refractivity contribution in [2.24, 2.45) is 0 Å². The summed E-state index contributed by atoms with van der Waals surface area (Å²) in [7, 11) is -2.41. The molecule has 1 aromatic heterocycles. The molecule has 31 heavy (non-hydrogen) atoms. The van der Waals surface area contributed by atoms with Crippen LogP contribution in [0.1, 0.15) is 29.5 Å². The van der Waals surface area contributed by atoms with E-state index in [4.69, 9.17) is 9.26 Å². The van der Waals surface area contributed by atoms with Gasteiger partial charge in [0, 0.05) is 13.5 Å². The number of methoxy groups -OCH3 is 1. The van der Waals surface area contributed by atoms with E-state index < -0.39 is 10.0 Å². The highest BCUT2D eigenvalue weighted by atomic mass is 32.2. The van der Waals surface area contributed by atoms with Gasteiger partial charge in [-0.25, -0.2) is 13.1 Å². The number of carbonyl (C=O) groups is 1. The van der Waals surface area contributed by atoms with Crippen molar-refractivity contribution in [2.45, 2.75) is 25.3 Å². The fourth-order valence-corrected chi connectivity index (χ4v) is 4.08. The SMILES string of the molecule is COc1ccc(C=Cc2onc(C)c2NC(C)=O)cc1S(=O)(=O)NCc1ccccc1. The summed E-state index contributed by atoms with van der Waals surface area (Å²) in [6, 6.07) is 14.0. The number of benzene rings is 2. The van der Waals surface area contributed by atoms with Crippen molar-refractivity contribution in [2.75, 3.05) is 12.4 Å². The highest BCUT2D eigenvalue weighted by Gasteiger charge is 2.20. The molecule has 0 aliphatic heterocycles. The molecule has 9 heteroatoms. The van der Waals surface area contributed by atoms with E-state index >= 15 is 0 Å². The lowest BCUT2D eigenvalue weighted by molar-refractivity contribution is -0.114. The third-order valence-electron chi connectivity index (χ3n) is 4.40. The molecule has 8 nitrogen and oxygen atoms in total. The number of hydrogen-bond donors (Lipinski definition) is 2. The smallest absolute Gasteiger partial charge is 0.244 e. The minimum absolute atomic E-state index is 0.0175. The normalized spacial score (nSPS) is 11.6. The van der Waals surface area contributed by atoms with Crippen LogP contribution in [0.4, 0.5) is 5.69 Å². The van der Waals surface area contributed by atoms with Gasteiger partial charge in [0.25, 0.3) is 0 Å². The first-order valence-electron chi connectivity index (χ1n) is 9.43. The zero-order valence-corrected chi connectivity index (χ0v) is 18.2. The van der Waals surface area contributed by atoms with Gasteiger partial charge in [0.05, 0.1) is 7.11 Å². The van der Waals surface area contributed by atoms with Crippen LogP contribution in [0, 0.1) is 6.92 Å². The van der Waals surface area contributed by atoms with Crippen molar-refractivity contribution >= 4 is 33.8 Å². The Bertz CT molecular complexity index is 1200. The summed E-state index contributed by atoms with van der Waals surface area (Å²) in [5.41, 5.74) is 2.45. The molecule has 0 saturated heterocycles. The first-order chi connectivity index (χ1) is 14.8. The van der Waals surface area contributed by atoms with Crippen LogP contribution in [0.15, 0.2) is 57.9 Å². The lowest BCUT2D eigenvalue weighted by Gasteiger charge is -2.12. The van der Waals surface area contributed by atoms with Gasteiger partial charge in [0.15, 0.2) is 5.76 Å². The minimum atomic E-state index is -3.83. The van der Waals surface area contributed by atoms with Crippen LogP contribution in [0.5, 0.6) is 5.75 Å². The Morgan fingerprint density at radius 3 is 2.58 bits per heavy atom. The van der Waals surface area contributed by atoms with E-state index in [1.807, 2.05) is 30.3 Å². The van der Waals surface area contributed by atoms with E-state index in [2.05, 4.69) is 15.2 Å². The number of anilines is 1. The Hall–Kier alpha value is -3.43. The maximum atomic E-state index is 12.9. The van der Waals surface area contributed by atoms with E-state index in [0.29, 0.717) is 22.7 Å². The number of carbonyl (C=O) groups excluding carboxylic acids is 1. The van der Waals surface area contributed by atoms with Crippen molar-refractivity contribution in [3.63, 3.8) is 0 Å². The monoisotopic (exact) mass is 441 g/mol. The molecule has 0 radical (unpaired) electrons. The van der Waals surface area contributed by atoms with Gasteiger partial charge in [-0.05, 0) is 36.3 Å². The van der Waals surface area contributed by atoms with Crippen LogP contribution < -0.4 is 14.8 Å². The Labute approximate surface area is 181 Å². The van der Waals surface area contributed by atoms with Gasteiger partial charge in [-0.15, -0.1) is 0 Å². The molecule has 0 aliphatic carbocycles. The summed E-state index contributed by atoms with van der Waals surface area (Å²) in [6.07, 6.45) is 3.28. The second-order valence-corrected chi connectivity index (χ2v) is 8.48. The van der Waals surface area contributed by atoms with Crippen molar-refractivity contribution in [1.29, 1.82) is 0 Å². The molecule has 0 fully saturated rings. The van der Waals surface area contributed by atoms with E-state index in [-0.39, 0.29) is 23.1 Å². The van der Waals surface area contributed by atoms with Crippen LogP contribution in [0.2, 0.25) is 0 Å². The Balaban J connectivity index is 1.87. The van der Waals surface area contributed by atoms with Crippen molar-refractivity contribution in [1.82, 2.24) is 9.88 Å². The molecule has 0 spiro atoms. The fourth-order valence-electron chi connectivity index (χ4n) is 2.86. The van der Waals surface area contributed by atoms with Gasteiger partial charge in [-0.2, -0.15) is 0 Å².